The van der Waals surface area contributed by atoms with Crippen molar-refractivity contribution in [1.29, 1.82) is 0 Å². The average molecular weight is 535 g/mol. The quantitative estimate of drug-likeness (QED) is 0.292. The first-order valence-electron chi connectivity index (χ1n) is 14.1. The van der Waals surface area contributed by atoms with Gasteiger partial charge in [-0.2, -0.15) is 0 Å². The highest BCUT2D eigenvalue weighted by atomic mass is 16.3. The third-order valence-corrected chi connectivity index (χ3v) is 9.56. The van der Waals surface area contributed by atoms with Crippen molar-refractivity contribution in [2.24, 2.45) is 22.7 Å². The molecule has 0 heterocycles. The van der Waals surface area contributed by atoms with E-state index in [1.807, 2.05) is 26.8 Å². The fourth-order valence-corrected chi connectivity index (χ4v) is 8.20. The molecule has 39 heavy (non-hydrogen) atoms. The van der Waals surface area contributed by atoms with Crippen LogP contribution < -0.4 is 0 Å². The van der Waals surface area contributed by atoms with E-state index in [2.05, 4.69) is 19.9 Å². The second-order valence-corrected chi connectivity index (χ2v) is 12.9. The second-order valence-electron chi connectivity index (χ2n) is 12.9. The highest BCUT2D eigenvalue weighted by molar-refractivity contribution is 6.33. The first-order valence-corrected chi connectivity index (χ1v) is 14.1. The van der Waals surface area contributed by atoms with Crippen LogP contribution in [0.1, 0.15) is 97.8 Å². The van der Waals surface area contributed by atoms with E-state index >= 15 is 0 Å². The molecule has 0 spiro atoms. The monoisotopic (exact) mass is 534 g/mol. The fourth-order valence-electron chi connectivity index (χ4n) is 8.20. The maximum Gasteiger partial charge on any atom is 0.206 e. The van der Waals surface area contributed by atoms with Gasteiger partial charge in [-0.1, -0.05) is 64.3 Å². The van der Waals surface area contributed by atoms with Crippen LogP contribution in [0.3, 0.4) is 0 Å². The number of hydrogen-bond donors (Lipinski definition) is 3. The van der Waals surface area contributed by atoms with Gasteiger partial charge in [0.15, 0.2) is 11.4 Å². The first-order chi connectivity index (χ1) is 18.1. The van der Waals surface area contributed by atoms with Gasteiger partial charge in [0.1, 0.15) is 11.5 Å². The molecule has 3 aliphatic carbocycles. The molecule has 210 valence electrons. The zero-order valence-corrected chi connectivity index (χ0v) is 24.5. The third kappa shape index (κ3) is 3.97. The van der Waals surface area contributed by atoms with Gasteiger partial charge in [-0.15, -0.1) is 0 Å². The number of rotatable bonds is 6. The van der Waals surface area contributed by atoms with E-state index in [0.717, 1.165) is 30.4 Å². The zero-order valence-electron chi connectivity index (χ0n) is 24.5. The Kier molecular flexibility index (Phi) is 7.13. The summed E-state index contributed by atoms with van der Waals surface area (Å²) >= 11 is 0. The van der Waals surface area contributed by atoms with Crippen molar-refractivity contribution in [1.82, 2.24) is 0 Å². The van der Waals surface area contributed by atoms with E-state index in [1.54, 1.807) is 13.8 Å². The van der Waals surface area contributed by atoms with Crippen LogP contribution in [0.15, 0.2) is 34.4 Å². The highest BCUT2D eigenvalue weighted by Gasteiger charge is 2.71. The zero-order chi connectivity index (χ0) is 29.2. The molecule has 3 N–H and O–H groups in total. The Morgan fingerprint density at radius 2 is 1.77 bits per heavy atom. The molecule has 0 aliphatic heterocycles. The third-order valence-electron chi connectivity index (χ3n) is 9.56. The number of carbonyl (C=O) groups excluding carboxylic acids is 3. The van der Waals surface area contributed by atoms with Crippen LogP contribution >= 0.6 is 0 Å². The minimum Gasteiger partial charge on any atom is -0.507 e. The molecular weight excluding hydrogens is 492 g/mol. The Balaban J connectivity index is 2.00. The number of ketones is 3. The van der Waals surface area contributed by atoms with Crippen molar-refractivity contribution in [2.75, 3.05) is 0 Å². The number of phenolic OH excluding ortho intramolecular Hbond substituents is 1. The van der Waals surface area contributed by atoms with Crippen molar-refractivity contribution < 1.29 is 29.7 Å². The van der Waals surface area contributed by atoms with Gasteiger partial charge in [0.05, 0.1) is 11.1 Å². The number of unbranched alkanes of at least 4 members (excludes halogenated alkanes) is 1. The number of aliphatic hydroxyl groups excluding tert-OH is 1. The molecule has 1 aromatic rings. The van der Waals surface area contributed by atoms with Crippen LogP contribution in [0.2, 0.25) is 0 Å². The van der Waals surface area contributed by atoms with Crippen molar-refractivity contribution >= 4 is 29.2 Å². The van der Waals surface area contributed by atoms with E-state index in [-0.39, 0.29) is 34.8 Å². The van der Waals surface area contributed by atoms with Gasteiger partial charge in [0, 0.05) is 16.4 Å². The van der Waals surface area contributed by atoms with E-state index in [0.29, 0.717) is 12.0 Å². The van der Waals surface area contributed by atoms with Gasteiger partial charge in [-0.25, -0.2) is 0 Å². The lowest BCUT2D eigenvalue weighted by Gasteiger charge is -2.60. The lowest BCUT2D eigenvalue weighted by Crippen LogP contribution is -2.70. The summed E-state index contributed by atoms with van der Waals surface area (Å²) in [7, 11) is 0. The largest absolute Gasteiger partial charge is 0.507 e. The maximum absolute atomic E-state index is 14.4. The van der Waals surface area contributed by atoms with Crippen molar-refractivity contribution in [2.45, 2.75) is 93.1 Å². The molecule has 1 aromatic carbocycles. The summed E-state index contributed by atoms with van der Waals surface area (Å²) in [6.45, 7) is 14.9. The molecule has 4 rings (SSSR count). The molecule has 0 bridgehead atoms. The predicted octanol–water partition coefficient (Wildman–Crippen LogP) is 6.29. The number of benzene rings is 1. The molecule has 0 saturated heterocycles. The summed E-state index contributed by atoms with van der Waals surface area (Å²) in [5, 5.41) is 34.7. The molecule has 0 unspecified atom stereocenters. The summed E-state index contributed by atoms with van der Waals surface area (Å²) in [4.78, 5) is 40.9. The summed E-state index contributed by atoms with van der Waals surface area (Å²) < 4.78 is 0. The summed E-state index contributed by atoms with van der Waals surface area (Å²) in [5.74, 6) is -3.30. The van der Waals surface area contributed by atoms with Crippen LogP contribution in [0.5, 0.6) is 5.75 Å². The number of allylic oxidation sites excluding steroid dienone is 2. The summed E-state index contributed by atoms with van der Waals surface area (Å²) in [6.07, 6.45) is 5.73. The van der Waals surface area contributed by atoms with Crippen LogP contribution in [-0.2, 0) is 20.8 Å². The predicted molar refractivity (Wildman–Crippen MR) is 152 cm³/mol. The molecule has 0 radical (unpaired) electrons. The van der Waals surface area contributed by atoms with E-state index in [4.69, 9.17) is 0 Å². The van der Waals surface area contributed by atoms with Crippen LogP contribution in [-0.4, -0.2) is 38.3 Å². The molecule has 3 aliphatic rings. The summed E-state index contributed by atoms with van der Waals surface area (Å²) in [6, 6.07) is 3.34. The summed E-state index contributed by atoms with van der Waals surface area (Å²) in [5.41, 5.74) is -1.23. The smallest absolute Gasteiger partial charge is 0.206 e. The average Bonchev–Trinajstić information content (AvgIpc) is 2.81. The van der Waals surface area contributed by atoms with Gasteiger partial charge in [-0.05, 0) is 75.5 Å². The molecule has 1 saturated carbocycles. The van der Waals surface area contributed by atoms with Crippen LogP contribution in [0.4, 0.5) is 0 Å². The molecule has 0 amide bonds. The normalized spacial score (nSPS) is 30.9. The van der Waals surface area contributed by atoms with E-state index in [1.165, 1.54) is 18.6 Å². The molecule has 6 nitrogen and oxygen atoms in total. The number of aliphatic hydroxyl groups is 2. The number of carbonyl (C=O) groups is 3. The van der Waals surface area contributed by atoms with Gasteiger partial charge in [0.2, 0.25) is 11.6 Å². The number of hydrogen-bond acceptors (Lipinski definition) is 6. The van der Waals surface area contributed by atoms with Crippen molar-refractivity contribution in [3.63, 3.8) is 0 Å². The molecule has 1 fully saturated rings. The molecular formula is C33H42O6. The second kappa shape index (κ2) is 9.58. The van der Waals surface area contributed by atoms with Gasteiger partial charge in [0.25, 0.3) is 0 Å². The lowest BCUT2D eigenvalue weighted by molar-refractivity contribution is -0.180. The fraction of sp³-hybridized carbons (Fsp3) is 0.545. The Hall–Kier alpha value is -2.99. The number of fused-ring (bicyclic) bond motifs is 3. The Morgan fingerprint density at radius 1 is 1.13 bits per heavy atom. The van der Waals surface area contributed by atoms with Crippen LogP contribution in [0, 0.1) is 22.7 Å². The topological polar surface area (TPSA) is 112 Å². The minimum atomic E-state index is -2.51. The minimum absolute atomic E-state index is 0.0487. The lowest BCUT2D eigenvalue weighted by atomic mass is 9.42. The molecule has 4 atom stereocenters. The van der Waals surface area contributed by atoms with Gasteiger partial charge < -0.3 is 15.3 Å². The number of Topliss-reactive ketones (excluding diaryl/α,β-unsaturated/α-hetero) is 3. The Labute approximate surface area is 231 Å². The first kappa shape index (κ1) is 29.0. The maximum atomic E-state index is 14.4. The van der Waals surface area contributed by atoms with Crippen LogP contribution in [0.25, 0.3) is 11.8 Å². The molecule has 6 heteroatoms. The van der Waals surface area contributed by atoms with E-state index in [9.17, 15) is 29.7 Å². The van der Waals surface area contributed by atoms with Crippen molar-refractivity contribution in [3.05, 3.63) is 51.1 Å². The van der Waals surface area contributed by atoms with Crippen molar-refractivity contribution in [3.8, 4) is 5.75 Å². The highest BCUT2D eigenvalue weighted by Crippen LogP contribution is 2.65. The Bertz CT molecular complexity index is 1370. The number of aromatic hydroxyl groups is 1. The Morgan fingerprint density at radius 3 is 2.33 bits per heavy atom. The van der Waals surface area contributed by atoms with Gasteiger partial charge in [-0.3, -0.25) is 14.4 Å². The SMILES string of the molecule is CCCC/C(C)=C/c1ccc(O)c2c1C[C@@]1(C)C[C@@]3(C)[C@H](C(C)C)C(C)=C(C(C)=O)C(=O)[C@@]3(O)C(=O)C1=C2O. The standard InChI is InChI=1S/C33H42O6/c1-9-10-11-18(4)14-21-12-13-23(35)25-22(21)15-31(7)16-32(8)26(17(2)3)19(5)24(20(6)34)29(37)33(32,39)30(38)27(31)28(25)36/h12-14,17,26,35-36,39H,9-11,15-16H2,1-8H3/b18-14+/t26-,31+,32+,33-/m1/s1. The van der Waals surface area contributed by atoms with Gasteiger partial charge >= 0.3 is 0 Å². The van der Waals surface area contributed by atoms with E-state index < -0.39 is 45.5 Å². The molecule has 0 aromatic heterocycles. The number of phenols is 1.